The predicted octanol–water partition coefficient (Wildman–Crippen LogP) is 1.27. The van der Waals surface area contributed by atoms with Crippen LogP contribution in [0.15, 0.2) is 0 Å². The molecular formula is C13H28N2O2S. The summed E-state index contributed by atoms with van der Waals surface area (Å²) in [6, 6.07) is 1.22. The number of nitrogens with one attached hydrogen (secondary N) is 1. The summed E-state index contributed by atoms with van der Waals surface area (Å²) in [6.07, 6.45) is 3.06. The molecule has 0 radical (unpaired) electrons. The smallest absolute Gasteiger partial charge is 0.151 e. The van der Waals surface area contributed by atoms with E-state index in [0.717, 1.165) is 25.8 Å². The van der Waals surface area contributed by atoms with Gasteiger partial charge in [-0.2, -0.15) is 0 Å². The van der Waals surface area contributed by atoms with E-state index in [0.29, 0.717) is 23.6 Å². The third kappa shape index (κ3) is 5.24. The Morgan fingerprint density at radius 3 is 2.50 bits per heavy atom. The molecule has 0 spiro atoms. The minimum absolute atomic E-state index is 0.225. The van der Waals surface area contributed by atoms with E-state index in [2.05, 4.69) is 38.0 Å². The zero-order chi connectivity index (χ0) is 13.8. The molecule has 0 aromatic carbocycles. The van der Waals surface area contributed by atoms with Crippen molar-refractivity contribution in [1.29, 1.82) is 0 Å². The molecule has 18 heavy (non-hydrogen) atoms. The van der Waals surface area contributed by atoms with Gasteiger partial charge in [0.2, 0.25) is 0 Å². The topological polar surface area (TPSA) is 49.4 Å². The number of hydrogen-bond acceptors (Lipinski definition) is 4. The Kier molecular flexibility index (Phi) is 6.08. The first-order valence-corrected chi connectivity index (χ1v) is 8.79. The minimum Gasteiger partial charge on any atom is -0.315 e. The van der Waals surface area contributed by atoms with Gasteiger partial charge in [0.05, 0.1) is 11.5 Å². The van der Waals surface area contributed by atoms with E-state index < -0.39 is 9.84 Å². The molecule has 0 bridgehead atoms. The Morgan fingerprint density at radius 1 is 1.33 bits per heavy atom. The second kappa shape index (κ2) is 6.87. The van der Waals surface area contributed by atoms with E-state index in [1.807, 2.05) is 0 Å². The van der Waals surface area contributed by atoms with Gasteiger partial charge in [-0.25, -0.2) is 8.42 Å². The monoisotopic (exact) mass is 276 g/mol. The fourth-order valence-corrected chi connectivity index (χ4v) is 4.23. The van der Waals surface area contributed by atoms with E-state index in [9.17, 15) is 8.42 Å². The zero-order valence-corrected chi connectivity index (χ0v) is 13.0. The summed E-state index contributed by atoms with van der Waals surface area (Å²) in [5, 5.41) is 3.41. The van der Waals surface area contributed by atoms with Gasteiger partial charge in [0.1, 0.15) is 0 Å². The van der Waals surface area contributed by atoms with Crippen LogP contribution in [0.3, 0.4) is 0 Å². The second-order valence-corrected chi connectivity index (χ2v) is 8.05. The molecular weight excluding hydrogens is 248 g/mol. The predicted molar refractivity (Wildman–Crippen MR) is 76.7 cm³/mol. The van der Waals surface area contributed by atoms with Crippen molar-refractivity contribution in [2.45, 2.75) is 58.2 Å². The van der Waals surface area contributed by atoms with Crippen molar-refractivity contribution in [3.05, 3.63) is 0 Å². The van der Waals surface area contributed by atoms with Gasteiger partial charge >= 0.3 is 0 Å². The van der Waals surface area contributed by atoms with Crippen LogP contribution >= 0.6 is 0 Å². The molecule has 2 unspecified atom stereocenters. The van der Waals surface area contributed by atoms with Crippen LogP contribution < -0.4 is 5.32 Å². The number of nitrogens with zero attached hydrogens (tertiary/aromatic N) is 1. The summed E-state index contributed by atoms with van der Waals surface area (Å²) in [7, 11) is -0.703. The highest BCUT2D eigenvalue weighted by molar-refractivity contribution is 7.91. The van der Waals surface area contributed by atoms with Gasteiger partial charge in [-0.15, -0.1) is 0 Å². The normalized spacial score (nSPS) is 24.9. The second-order valence-electron chi connectivity index (χ2n) is 5.82. The molecule has 2 atom stereocenters. The number of sulfone groups is 1. The largest absolute Gasteiger partial charge is 0.315 e. The fraction of sp³-hybridized carbons (Fsp3) is 1.00. The SMILES string of the molecule is CC(C)NCCCC(C)N(C)C1CCS(=O)(=O)C1. The molecule has 0 aliphatic carbocycles. The van der Waals surface area contributed by atoms with E-state index >= 15 is 0 Å². The molecule has 108 valence electrons. The van der Waals surface area contributed by atoms with Crippen molar-refractivity contribution in [3.8, 4) is 0 Å². The van der Waals surface area contributed by atoms with Crippen LogP contribution in [0.25, 0.3) is 0 Å². The molecule has 0 saturated carbocycles. The maximum Gasteiger partial charge on any atom is 0.151 e. The van der Waals surface area contributed by atoms with Gasteiger partial charge in [0.15, 0.2) is 9.84 Å². The fourth-order valence-electron chi connectivity index (χ4n) is 2.45. The molecule has 1 aliphatic heterocycles. The van der Waals surface area contributed by atoms with Gasteiger partial charge in [-0.05, 0) is 39.8 Å². The first-order valence-electron chi connectivity index (χ1n) is 6.97. The van der Waals surface area contributed by atoms with Gasteiger partial charge in [0.25, 0.3) is 0 Å². The van der Waals surface area contributed by atoms with Crippen LogP contribution in [0.2, 0.25) is 0 Å². The Hall–Kier alpha value is -0.130. The zero-order valence-electron chi connectivity index (χ0n) is 12.1. The lowest BCUT2D eigenvalue weighted by atomic mass is 10.1. The Morgan fingerprint density at radius 2 is 2.00 bits per heavy atom. The van der Waals surface area contributed by atoms with Gasteiger partial charge in [-0.1, -0.05) is 13.8 Å². The third-order valence-corrected chi connectivity index (χ3v) is 5.58. The lowest BCUT2D eigenvalue weighted by Crippen LogP contribution is -2.39. The molecule has 0 aromatic rings. The van der Waals surface area contributed by atoms with Crippen molar-refractivity contribution < 1.29 is 8.42 Å². The maximum absolute atomic E-state index is 11.5. The van der Waals surface area contributed by atoms with Crippen LogP contribution in [0.4, 0.5) is 0 Å². The first kappa shape index (κ1) is 15.9. The lowest BCUT2D eigenvalue weighted by molar-refractivity contribution is 0.188. The minimum atomic E-state index is -2.76. The average Bonchev–Trinajstić information content (AvgIpc) is 2.63. The maximum atomic E-state index is 11.5. The first-order chi connectivity index (χ1) is 8.32. The van der Waals surface area contributed by atoms with Crippen molar-refractivity contribution in [3.63, 3.8) is 0 Å². The molecule has 1 rings (SSSR count). The van der Waals surface area contributed by atoms with Crippen LogP contribution in [-0.4, -0.2) is 56.5 Å². The molecule has 1 saturated heterocycles. The lowest BCUT2D eigenvalue weighted by Gasteiger charge is -2.30. The van der Waals surface area contributed by atoms with Gasteiger partial charge in [-0.3, -0.25) is 4.90 Å². The van der Waals surface area contributed by atoms with E-state index in [4.69, 9.17) is 0 Å². The molecule has 0 amide bonds. The standard InChI is InChI=1S/C13H28N2O2S/c1-11(2)14-8-5-6-12(3)15(4)13-7-9-18(16,17)10-13/h11-14H,5-10H2,1-4H3. The molecule has 1 fully saturated rings. The number of hydrogen-bond donors (Lipinski definition) is 1. The average molecular weight is 276 g/mol. The van der Waals surface area contributed by atoms with Crippen molar-refractivity contribution >= 4 is 9.84 Å². The summed E-state index contributed by atoms with van der Waals surface area (Å²) in [6.45, 7) is 7.54. The quantitative estimate of drug-likeness (QED) is 0.712. The highest BCUT2D eigenvalue weighted by Gasteiger charge is 2.32. The van der Waals surface area contributed by atoms with E-state index in [1.165, 1.54) is 0 Å². The van der Waals surface area contributed by atoms with Crippen molar-refractivity contribution in [2.75, 3.05) is 25.1 Å². The Bertz CT molecular complexity index is 341. The van der Waals surface area contributed by atoms with Crippen LogP contribution in [0.5, 0.6) is 0 Å². The van der Waals surface area contributed by atoms with Crippen LogP contribution in [0.1, 0.15) is 40.0 Å². The molecule has 1 N–H and O–H groups in total. The molecule has 5 heteroatoms. The molecule has 4 nitrogen and oxygen atoms in total. The van der Waals surface area contributed by atoms with Crippen LogP contribution in [-0.2, 0) is 9.84 Å². The van der Waals surface area contributed by atoms with Gasteiger partial charge < -0.3 is 5.32 Å². The van der Waals surface area contributed by atoms with Crippen molar-refractivity contribution in [2.24, 2.45) is 0 Å². The Labute approximate surface area is 112 Å². The van der Waals surface area contributed by atoms with Crippen LogP contribution in [0, 0.1) is 0 Å². The Balaban J connectivity index is 2.27. The summed E-state index contributed by atoms with van der Waals surface area (Å²) in [4.78, 5) is 2.25. The third-order valence-electron chi connectivity index (χ3n) is 3.83. The molecule has 1 heterocycles. The summed E-state index contributed by atoms with van der Waals surface area (Å²) >= 11 is 0. The highest BCUT2D eigenvalue weighted by Crippen LogP contribution is 2.19. The number of rotatable bonds is 7. The summed E-state index contributed by atoms with van der Waals surface area (Å²) < 4.78 is 22.9. The summed E-state index contributed by atoms with van der Waals surface area (Å²) in [5.74, 6) is 0.710. The highest BCUT2D eigenvalue weighted by atomic mass is 32.2. The van der Waals surface area contributed by atoms with Crippen molar-refractivity contribution in [1.82, 2.24) is 10.2 Å². The van der Waals surface area contributed by atoms with E-state index in [1.54, 1.807) is 0 Å². The van der Waals surface area contributed by atoms with E-state index in [-0.39, 0.29) is 6.04 Å². The molecule has 1 aliphatic rings. The van der Waals surface area contributed by atoms with Gasteiger partial charge in [0, 0.05) is 18.1 Å². The molecule has 0 aromatic heterocycles. The summed E-state index contributed by atoms with van der Waals surface area (Å²) in [5.41, 5.74) is 0.